The minimum atomic E-state index is 0.255. The molecule has 0 saturated heterocycles. The normalized spacial score (nSPS) is 12.5. The molecule has 0 bridgehead atoms. The first-order valence-corrected chi connectivity index (χ1v) is 7.56. The van der Waals surface area contributed by atoms with Crippen molar-refractivity contribution in [2.75, 3.05) is 13.3 Å². The molecule has 1 aliphatic heterocycles. The quantitative estimate of drug-likeness (QED) is 0.899. The van der Waals surface area contributed by atoms with Crippen LogP contribution in [0.2, 0.25) is 0 Å². The molecule has 4 nitrogen and oxygen atoms in total. The van der Waals surface area contributed by atoms with Gasteiger partial charge in [0.05, 0.1) is 0 Å². The number of halogens is 1. The van der Waals surface area contributed by atoms with Crippen LogP contribution < -0.4 is 19.9 Å². The van der Waals surface area contributed by atoms with Gasteiger partial charge in [-0.15, -0.1) is 0 Å². The zero-order valence-corrected chi connectivity index (χ0v) is 13.1. The molecule has 0 saturated carbocycles. The lowest BCUT2D eigenvalue weighted by atomic mass is 10.1. The Kier molecular flexibility index (Phi) is 4.31. The van der Waals surface area contributed by atoms with E-state index in [1.165, 1.54) is 0 Å². The molecule has 3 rings (SSSR count). The lowest BCUT2D eigenvalue weighted by Gasteiger charge is -2.13. The van der Waals surface area contributed by atoms with Crippen LogP contribution in [-0.4, -0.2) is 13.3 Å². The number of benzene rings is 2. The van der Waals surface area contributed by atoms with Crippen LogP contribution in [0.4, 0.5) is 0 Å². The second-order valence-corrected chi connectivity index (χ2v) is 5.59. The van der Waals surface area contributed by atoms with Crippen LogP contribution in [-0.2, 0) is 13.0 Å². The van der Waals surface area contributed by atoms with Crippen molar-refractivity contribution in [1.29, 1.82) is 0 Å². The summed E-state index contributed by atoms with van der Waals surface area (Å²) in [4.78, 5) is 0. The van der Waals surface area contributed by atoms with E-state index in [0.717, 1.165) is 39.3 Å². The van der Waals surface area contributed by atoms with Crippen LogP contribution in [0.25, 0.3) is 0 Å². The third-order valence-electron chi connectivity index (χ3n) is 3.31. The molecular weight excluding hydrogens is 334 g/mol. The zero-order valence-electron chi connectivity index (χ0n) is 11.5. The Morgan fingerprint density at radius 3 is 2.62 bits per heavy atom. The molecule has 5 heteroatoms. The summed E-state index contributed by atoms with van der Waals surface area (Å²) >= 11 is 3.52. The van der Waals surface area contributed by atoms with Gasteiger partial charge < -0.3 is 19.9 Å². The SMILES string of the molecule is NCCc1cc2c(cc1OCc1ccccc1Br)OCO2. The average Bonchev–Trinajstić information content (AvgIpc) is 2.94. The van der Waals surface area contributed by atoms with E-state index in [0.29, 0.717) is 13.2 Å². The van der Waals surface area contributed by atoms with Gasteiger partial charge >= 0.3 is 0 Å². The van der Waals surface area contributed by atoms with Crippen molar-refractivity contribution in [3.8, 4) is 17.2 Å². The molecule has 110 valence electrons. The highest BCUT2D eigenvalue weighted by molar-refractivity contribution is 9.10. The fourth-order valence-corrected chi connectivity index (χ4v) is 2.62. The van der Waals surface area contributed by atoms with Gasteiger partial charge in [0.2, 0.25) is 6.79 Å². The number of nitrogens with two attached hydrogens (primary N) is 1. The highest BCUT2D eigenvalue weighted by Gasteiger charge is 2.18. The first kappa shape index (κ1) is 14.2. The molecule has 0 radical (unpaired) electrons. The van der Waals surface area contributed by atoms with E-state index in [4.69, 9.17) is 19.9 Å². The summed E-state index contributed by atoms with van der Waals surface area (Å²) in [6.07, 6.45) is 0.738. The monoisotopic (exact) mass is 349 g/mol. The Balaban J connectivity index is 1.82. The Labute approximate surface area is 131 Å². The molecular formula is C16H16BrNO3. The molecule has 2 N–H and O–H groups in total. The van der Waals surface area contributed by atoms with Gasteiger partial charge in [-0.05, 0) is 30.7 Å². The summed E-state index contributed by atoms with van der Waals surface area (Å²) in [5, 5.41) is 0. The third-order valence-corrected chi connectivity index (χ3v) is 4.08. The maximum atomic E-state index is 5.96. The molecule has 1 heterocycles. The maximum absolute atomic E-state index is 5.96. The predicted molar refractivity (Wildman–Crippen MR) is 83.8 cm³/mol. The van der Waals surface area contributed by atoms with Crippen molar-refractivity contribution in [2.24, 2.45) is 5.73 Å². The molecule has 2 aromatic carbocycles. The van der Waals surface area contributed by atoms with Crippen LogP contribution in [0.5, 0.6) is 17.2 Å². The standard InChI is InChI=1S/C16H16BrNO3/c17-13-4-2-1-3-12(13)9-19-14-8-16-15(20-10-21-16)7-11(14)5-6-18/h1-4,7-8H,5-6,9-10,18H2. The minimum absolute atomic E-state index is 0.255. The zero-order chi connectivity index (χ0) is 14.7. The van der Waals surface area contributed by atoms with Gasteiger partial charge in [-0.25, -0.2) is 0 Å². The minimum Gasteiger partial charge on any atom is -0.488 e. The van der Waals surface area contributed by atoms with E-state index in [9.17, 15) is 0 Å². The average molecular weight is 350 g/mol. The Morgan fingerprint density at radius 2 is 1.86 bits per heavy atom. The number of fused-ring (bicyclic) bond motifs is 1. The molecule has 1 aliphatic rings. The van der Waals surface area contributed by atoms with Crippen molar-refractivity contribution in [1.82, 2.24) is 0 Å². The van der Waals surface area contributed by atoms with E-state index < -0.39 is 0 Å². The highest BCUT2D eigenvalue weighted by atomic mass is 79.9. The Hall–Kier alpha value is -1.72. The number of ether oxygens (including phenoxy) is 3. The van der Waals surface area contributed by atoms with Gasteiger partial charge in [-0.3, -0.25) is 0 Å². The summed E-state index contributed by atoms with van der Waals surface area (Å²) in [5.74, 6) is 2.27. The molecule has 0 aliphatic carbocycles. The molecule has 0 spiro atoms. The van der Waals surface area contributed by atoms with Crippen LogP contribution in [0.3, 0.4) is 0 Å². The van der Waals surface area contributed by atoms with Gasteiger partial charge in [0.25, 0.3) is 0 Å². The summed E-state index contributed by atoms with van der Waals surface area (Å²) in [7, 11) is 0. The Morgan fingerprint density at radius 1 is 1.10 bits per heavy atom. The second-order valence-electron chi connectivity index (χ2n) is 4.73. The molecule has 0 amide bonds. The topological polar surface area (TPSA) is 53.7 Å². The second kappa shape index (κ2) is 6.37. The first-order valence-electron chi connectivity index (χ1n) is 6.76. The van der Waals surface area contributed by atoms with Gasteiger partial charge in [-0.2, -0.15) is 0 Å². The van der Waals surface area contributed by atoms with Gasteiger partial charge in [0.15, 0.2) is 11.5 Å². The van der Waals surface area contributed by atoms with Crippen LogP contribution in [0.1, 0.15) is 11.1 Å². The van der Waals surface area contributed by atoms with E-state index in [1.54, 1.807) is 0 Å². The first-order chi connectivity index (χ1) is 10.3. The molecule has 2 aromatic rings. The van der Waals surface area contributed by atoms with Crippen molar-refractivity contribution >= 4 is 15.9 Å². The highest BCUT2D eigenvalue weighted by Crippen LogP contribution is 2.38. The number of hydrogen-bond acceptors (Lipinski definition) is 4. The summed E-state index contributed by atoms with van der Waals surface area (Å²) in [6, 6.07) is 11.8. The molecule has 0 atom stereocenters. The van der Waals surface area contributed by atoms with Gasteiger partial charge in [0.1, 0.15) is 12.4 Å². The van der Waals surface area contributed by atoms with Crippen molar-refractivity contribution in [3.63, 3.8) is 0 Å². The summed E-state index contributed by atoms with van der Waals surface area (Å²) in [6.45, 7) is 1.30. The van der Waals surface area contributed by atoms with Crippen LogP contribution in [0.15, 0.2) is 40.9 Å². The third kappa shape index (κ3) is 3.14. The molecule has 0 aromatic heterocycles. The largest absolute Gasteiger partial charge is 0.488 e. The smallest absolute Gasteiger partial charge is 0.231 e. The number of rotatable bonds is 5. The molecule has 21 heavy (non-hydrogen) atoms. The molecule has 0 unspecified atom stereocenters. The summed E-state index contributed by atoms with van der Waals surface area (Å²) in [5.41, 5.74) is 7.80. The fraction of sp³-hybridized carbons (Fsp3) is 0.250. The van der Waals surface area contributed by atoms with Gasteiger partial charge in [-0.1, -0.05) is 34.1 Å². The van der Waals surface area contributed by atoms with E-state index in [2.05, 4.69) is 15.9 Å². The predicted octanol–water partition coefficient (Wildman–Crippen LogP) is 3.26. The summed E-state index contributed by atoms with van der Waals surface area (Å²) < 4.78 is 17.8. The fourth-order valence-electron chi connectivity index (χ4n) is 2.22. The lowest BCUT2D eigenvalue weighted by molar-refractivity contribution is 0.173. The van der Waals surface area contributed by atoms with Crippen LogP contribution >= 0.6 is 15.9 Å². The Bertz CT molecular complexity index is 645. The van der Waals surface area contributed by atoms with E-state index in [1.807, 2.05) is 36.4 Å². The van der Waals surface area contributed by atoms with Crippen molar-refractivity contribution in [2.45, 2.75) is 13.0 Å². The van der Waals surface area contributed by atoms with Crippen LogP contribution in [0, 0.1) is 0 Å². The molecule has 0 fully saturated rings. The lowest BCUT2D eigenvalue weighted by Crippen LogP contribution is -2.06. The van der Waals surface area contributed by atoms with Crippen molar-refractivity contribution < 1.29 is 14.2 Å². The van der Waals surface area contributed by atoms with E-state index in [-0.39, 0.29) is 6.79 Å². The number of hydrogen-bond donors (Lipinski definition) is 1. The maximum Gasteiger partial charge on any atom is 0.231 e. The van der Waals surface area contributed by atoms with Crippen molar-refractivity contribution in [3.05, 3.63) is 52.0 Å². The van der Waals surface area contributed by atoms with Gasteiger partial charge in [0, 0.05) is 16.1 Å². The van der Waals surface area contributed by atoms with E-state index >= 15 is 0 Å².